The third-order valence-corrected chi connectivity index (χ3v) is 8.72. The molecule has 4 rings (SSSR count). The topological polar surface area (TPSA) is 155 Å². The number of aliphatic hydroxyl groups excluding tert-OH is 1. The van der Waals surface area contributed by atoms with Crippen LogP contribution in [0.2, 0.25) is 0 Å². The van der Waals surface area contributed by atoms with Crippen LogP contribution < -0.4 is 0 Å². The highest BCUT2D eigenvalue weighted by molar-refractivity contribution is 5.89. The molecule has 0 amide bonds. The number of fused-ring (bicyclic) bond motifs is 1. The summed E-state index contributed by atoms with van der Waals surface area (Å²) in [5.41, 5.74) is -3.32. The largest absolute Gasteiger partial charge is 0.461 e. The van der Waals surface area contributed by atoms with Crippen molar-refractivity contribution in [3.8, 4) is 0 Å². The smallest absolute Gasteiger partial charge is 0.342 e. The van der Waals surface area contributed by atoms with Crippen LogP contribution in [0.3, 0.4) is 0 Å². The van der Waals surface area contributed by atoms with Crippen molar-refractivity contribution in [1.82, 2.24) is 0 Å². The van der Waals surface area contributed by atoms with Crippen LogP contribution in [0.15, 0.2) is 23.3 Å². The summed E-state index contributed by atoms with van der Waals surface area (Å²) in [6.45, 7) is 11.6. The molecule has 0 bridgehead atoms. The molecule has 0 aromatic rings. The average Bonchev–Trinajstić information content (AvgIpc) is 3.38. The molecular weight excluding hydrogens is 512 g/mol. The molecule has 2 saturated heterocycles. The first-order valence-electron chi connectivity index (χ1n) is 13.0. The van der Waals surface area contributed by atoms with E-state index < -0.39 is 82.8 Å². The van der Waals surface area contributed by atoms with Gasteiger partial charge in [0.25, 0.3) is 0 Å². The molecule has 2 fully saturated rings. The summed E-state index contributed by atoms with van der Waals surface area (Å²) >= 11 is 0. The molecule has 2 heterocycles. The standard InChI is InChI=1S/C28H36O11/c1-12-9-18(14(3)29)22(35-15(4)30)26(7)21(13(2)11-19(33)23(26)36-16(5)31)24(37-17(6)32)28-20(10-12)38-25(34)27(28,8)39-28/h10-11,18-24,33H,9H2,1-8H3/b12-10-/t18-,19+,20-,21+,22-,23-,24+,26-,27-,28-/m0/s1. The molecule has 1 spiro atoms. The molecule has 10 atom stereocenters. The molecule has 11 heteroatoms. The lowest BCUT2D eigenvalue weighted by molar-refractivity contribution is -0.214. The van der Waals surface area contributed by atoms with Gasteiger partial charge in [0.05, 0.1) is 11.3 Å². The molecule has 11 nitrogen and oxygen atoms in total. The van der Waals surface area contributed by atoms with E-state index in [0.29, 0.717) is 11.1 Å². The Morgan fingerprint density at radius 1 is 0.897 bits per heavy atom. The van der Waals surface area contributed by atoms with E-state index in [4.69, 9.17) is 23.7 Å². The maximum absolute atomic E-state index is 13.2. The fraction of sp³-hybridized carbons (Fsp3) is 0.679. The van der Waals surface area contributed by atoms with Crippen LogP contribution >= 0.6 is 0 Å². The van der Waals surface area contributed by atoms with E-state index in [0.717, 1.165) is 0 Å². The lowest BCUT2D eigenvalue weighted by atomic mass is 9.54. The monoisotopic (exact) mass is 548 g/mol. The van der Waals surface area contributed by atoms with E-state index in [1.807, 2.05) is 0 Å². The third-order valence-electron chi connectivity index (χ3n) is 8.72. The highest BCUT2D eigenvalue weighted by atomic mass is 16.7. The summed E-state index contributed by atoms with van der Waals surface area (Å²) in [6.07, 6.45) is -2.84. The Balaban J connectivity index is 2.10. The normalized spacial score (nSPS) is 44.1. The first kappa shape index (κ1) is 28.9. The van der Waals surface area contributed by atoms with E-state index in [2.05, 4.69) is 0 Å². The van der Waals surface area contributed by atoms with Gasteiger partial charge in [0, 0.05) is 26.7 Å². The van der Waals surface area contributed by atoms with Gasteiger partial charge in [-0.25, -0.2) is 4.79 Å². The Kier molecular flexibility index (Phi) is 7.09. The molecule has 39 heavy (non-hydrogen) atoms. The van der Waals surface area contributed by atoms with Crippen LogP contribution in [-0.4, -0.2) is 76.5 Å². The molecule has 0 unspecified atom stereocenters. The highest BCUT2D eigenvalue weighted by Gasteiger charge is 2.87. The quantitative estimate of drug-likeness (QED) is 0.236. The number of carbonyl (C=O) groups is 5. The highest BCUT2D eigenvalue weighted by Crippen LogP contribution is 2.65. The van der Waals surface area contributed by atoms with Gasteiger partial charge in [-0.05, 0) is 40.2 Å². The van der Waals surface area contributed by atoms with Crippen molar-refractivity contribution < 1.29 is 52.8 Å². The Labute approximate surface area is 226 Å². The summed E-state index contributed by atoms with van der Waals surface area (Å²) in [6, 6.07) is 0. The predicted molar refractivity (Wildman–Crippen MR) is 133 cm³/mol. The first-order valence-corrected chi connectivity index (χ1v) is 13.0. The Hall–Kier alpha value is -3.05. The number of ketones is 1. The number of esters is 4. The fourth-order valence-electron chi connectivity index (χ4n) is 7.12. The number of aliphatic hydroxyl groups is 1. The minimum absolute atomic E-state index is 0.111. The van der Waals surface area contributed by atoms with Crippen molar-refractivity contribution in [2.75, 3.05) is 0 Å². The zero-order chi connectivity index (χ0) is 29.2. The molecule has 4 aliphatic rings. The van der Waals surface area contributed by atoms with Gasteiger partial charge in [-0.2, -0.15) is 0 Å². The number of rotatable bonds is 4. The number of Topliss-reactive ketones (excluding diaryl/α,β-unsaturated/α-hetero) is 1. The Bertz CT molecular complexity index is 1190. The van der Waals surface area contributed by atoms with E-state index in [9.17, 15) is 29.1 Å². The van der Waals surface area contributed by atoms with Crippen molar-refractivity contribution in [2.24, 2.45) is 17.3 Å². The van der Waals surface area contributed by atoms with Gasteiger partial charge >= 0.3 is 23.9 Å². The Morgan fingerprint density at radius 3 is 1.95 bits per heavy atom. The molecule has 0 radical (unpaired) electrons. The van der Waals surface area contributed by atoms with Gasteiger partial charge in [-0.3, -0.25) is 19.2 Å². The summed E-state index contributed by atoms with van der Waals surface area (Å²) in [4.78, 5) is 63.6. The first-order chi connectivity index (χ1) is 18.0. The van der Waals surface area contributed by atoms with Gasteiger partial charge in [0.2, 0.25) is 0 Å². The zero-order valence-electron chi connectivity index (χ0n) is 23.4. The van der Waals surface area contributed by atoms with Crippen LogP contribution in [0.4, 0.5) is 0 Å². The van der Waals surface area contributed by atoms with Gasteiger partial charge < -0.3 is 28.8 Å². The second-order valence-corrected chi connectivity index (χ2v) is 11.5. The van der Waals surface area contributed by atoms with Crippen molar-refractivity contribution in [2.45, 2.75) is 104 Å². The summed E-state index contributed by atoms with van der Waals surface area (Å²) < 4.78 is 29.4. The molecule has 214 valence electrons. The number of epoxide rings is 1. The summed E-state index contributed by atoms with van der Waals surface area (Å²) in [5.74, 6) is -4.93. The fourth-order valence-corrected chi connectivity index (χ4v) is 7.12. The van der Waals surface area contributed by atoms with Crippen LogP contribution in [0.5, 0.6) is 0 Å². The average molecular weight is 549 g/mol. The van der Waals surface area contributed by atoms with Crippen LogP contribution in [0, 0.1) is 17.3 Å². The molecule has 2 aliphatic carbocycles. The number of ether oxygens (including phenoxy) is 5. The number of hydrogen-bond donors (Lipinski definition) is 1. The predicted octanol–water partition coefficient (Wildman–Crippen LogP) is 1.73. The minimum atomic E-state index is -1.54. The molecule has 0 aromatic heterocycles. The van der Waals surface area contributed by atoms with Crippen molar-refractivity contribution >= 4 is 29.7 Å². The van der Waals surface area contributed by atoms with Crippen LogP contribution in [0.1, 0.15) is 61.8 Å². The van der Waals surface area contributed by atoms with Crippen molar-refractivity contribution in [3.63, 3.8) is 0 Å². The van der Waals surface area contributed by atoms with E-state index in [1.54, 1.807) is 33.8 Å². The molecule has 1 N–H and O–H groups in total. The van der Waals surface area contributed by atoms with Crippen molar-refractivity contribution in [3.05, 3.63) is 23.3 Å². The minimum Gasteiger partial charge on any atom is -0.461 e. The lowest BCUT2D eigenvalue weighted by Crippen LogP contribution is -2.66. The molecule has 0 saturated carbocycles. The molecule has 0 aromatic carbocycles. The van der Waals surface area contributed by atoms with E-state index >= 15 is 0 Å². The van der Waals surface area contributed by atoms with Crippen LogP contribution in [-0.2, 0) is 47.7 Å². The lowest BCUT2D eigenvalue weighted by Gasteiger charge is -2.55. The van der Waals surface area contributed by atoms with Gasteiger partial charge in [-0.15, -0.1) is 0 Å². The molecule has 2 aliphatic heterocycles. The maximum Gasteiger partial charge on any atom is 0.342 e. The number of carbonyl (C=O) groups excluding carboxylic acids is 5. The van der Waals surface area contributed by atoms with Crippen molar-refractivity contribution in [1.29, 1.82) is 0 Å². The molecular formula is C28H36O11. The zero-order valence-corrected chi connectivity index (χ0v) is 23.4. The Morgan fingerprint density at radius 2 is 1.44 bits per heavy atom. The summed E-state index contributed by atoms with van der Waals surface area (Å²) in [7, 11) is 0. The maximum atomic E-state index is 13.2. The second kappa shape index (κ2) is 9.55. The van der Waals surface area contributed by atoms with Gasteiger partial charge in [0.1, 0.15) is 30.2 Å². The number of allylic oxidation sites excluding steroid dienone is 1. The van der Waals surface area contributed by atoms with E-state index in [-0.39, 0.29) is 12.2 Å². The number of hydrogen-bond acceptors (Lipinski definition) is 11. The second-order valence-electron chi connectivity index (χ2n) is 11.5. The van der Waals surface area contributed by atoms with Crippen LogP contribution in [0.25, 0.3) is 0 Å². The van der Waals surface area contributed by atoms with Gasteiger partial charge in [-0.1, -0.05) is 24.1 Å². The SMILES string of the molecule is CC(=O)O[C@@H]1[C@H]2C(C)=C[C@@H](O)[C@H](OC(C)=O)[C@]2(C)[C@@H](OC(C)=O)[C@H](C(C)=O)C/C(C)=C\[C@@H]2OC(=O)[C@]3(C)O[C@@]213. The van der Waals surface area contributed by atoms with E-state index in [1.165, 1.54) is 33.8 Å². The summed E-state index contributed by atoms with van der Waals surface area (Å²) in [5, 5.41) is 11.2. The third kappa shape index (κ3) is 4.30. The van der Waals surface area contributed by atoms with Gasteiger partial charge in [0.15, 0.2) is 17.3 Å².